The lowest BCUT2D eigenvalue weighted by molar-refractivity contribution is -0.116. The van der Waals surface area contributed by atoms with Crippen LogP contribution >= 0.6 is 11.3 Å². The van der Waals surface area contributed by atoms with Crippen LogP contribution < -0.4 is 4.90 Å². The van der Waals surface area contributed by atoms with Crippen LogP contribution in [-0.2, 0) is 14.6 Å². The first-order valence-electron chi connectivity index (χ1n) is 10.8. The zero-order chi connectivity index (χ0) is 23.5. The Morgan fingerprint density at radius 3 is 2.16 bits per heavy atom. The molecule has 0 fully saturated rings. The summed E-state index contributed by atoms with van der Waals surface area (Å²) in [6.45, 7) is 12.8. The van der Waals surface area contributed by atoms with Crippen LogP contribution in [0.3, 0.4) is 0 Å². The van der Waals surface area contributed by atoms with Crippen molar-refractivity contribution in [3.05, 3.63) is 53.1 Å². The van der Waals surface area contributed by atoms with Gasteiger partial charge in [0.15, 0.2) is 15.0 Å². The number of hydrogen-bond acceptors (Lipinski definition) is 6. The summed E-state index contributed by atoms with van der Waals surface area (Å²) < 4.78 is 26.9. The number of thiazole rings is 1. The van der Waals surface area contributed by atoms with Crippen molar-refractivity contribution in [2.24, 2.45) is 0 Å². The van der Waals surface area contributed by atoms with Crippen molar-refractivity contribution in [3.63, 3.8) is 0 Å². The third-order valence-corrected chi connectivity index (χ3v) is 8.52. The molecule has 0 atom stereocenters. The van der Waals surface area contributed by atoms with Gasteiger partial charge >= 0.3 is 0 Å². The van der Waals surface area contributed by atoms with E-state index < -0.39 is 21.5 Å². The molecule has 8 heteroatoms. The molecule has 0 aliphatic rings. The maximum atomic E-state index is 13.3. The first kappa shape index (κ1) is 24.4. The van der Waals surface area contributed by atoms with Gasteiger partial charge < -0.3 is 4.90 Å². The molecule has 172 valence electrons. The lowest BCUT2D eigenvalue weighted by Crippen LogP contribution is -2.41. The third kappa shape index (κ3) is 5.36. The fraction of sp³-hybridized carbons (Fsp3) is 0.417. The van der Waals surface area contributed by atoms with Crippen molar-refractivity contribution in [2.75, 3.05) is 36.8 Å². The van der Waals surface area contributed by atoms with Gasteiger partial charge in [-0.2, -0.15) is 0 Å². The quantitative estimate of drug-likeness (QED) is 0.462. The molecule has 6 nitrogen and oxygen atoms in total. The smallest absolute Gasteiger partial charge is 0.244 e. The van der Waals surface area contributed by atoms with E-state index in [0.717, 1.165) is 40.0 Å². The van der Waals surface area contributed by atoms with Crippen LogP contribution in [0.15, 0.2) is 41.3 Å². The Kier molecular flexibility index (Phi) is 7.69. The minimum absolute atomic E-state index is 0.163. The highest BCUT2D eigenvalue weighted by Crippen LogP contribution is 2.33. The Labute approximate surface area is 194 Å². The number of hydrogen-bond donors (Lipinski definition) is 0. The largest absolute Gasteiger partial charge is 0.302 e. The molecule has 0 aliphatic carbocycles. The number of aromatic nitrogens is 1. The molecule has 2 aromatic carbocycles. The molecule has 0 bridgehead atoms. The predicted octanol–water partition coefficient (Wildman–Crippen LogP) is 4.37. The number of rotatable bonds is 9. The van der Waals surface area contributed by atoms with Gasteiger partial charge in [0.2, 0.25) is 5.91 Å². The summed E-state index contributed by atoms with van der Waals surface area (Å²) in [4.78, 5) is 22.0. The van der Waals surface area contributed by atoms with Gasteiger partial charge in [0.05, 0.1) is 15.1 Å². The standard InChI is InChI=1S/C24H31N3O3S2/c1-6-26(7-2)14-15-27(24-25-22-18(4)10-11-19(5)23(22)31-24)21(28)16-32(29,30)20-12-8-17(3)9-13-20/h8-13H,6-7,14-16H2,1-5H3. The second-order valence-electron chi connectivity index (χ2n) is 8.02. The maximum Gasteiger partial charge on any atom is 0.244 e. The molecule has 32 heavy (non-hydrogen) atoms. The first-order valence-corrected chi connectivity index (χ1v) is 13.3. The molecule has 0 saturated carbocycles. The number of fused-ring (bicyclic) bond motifs is 1. The molecule has 1 heterocycles. The summed E-state index contributed by atoms with van der Waals surface area (Å²) in [6.07, 6.45) is 0. The van der Waals surface area contributed by atoms with Crippen LogP contribution in [0.4, 0.5) is 5.13 Å². The minimum atomic E-state index is -3.75. The second-order valence-corrected chi connectivity index (χ2v) is 11.0. The van der Waals surface area contributed by atoms with E-state index in [4.69, 9.17) is 4.98 Å². The summed E-state index contributed by atoms with van der Waals surface area (Å²) in [5.74, 6) is -1.03. The van der Waals surface area contributed by atoms with E-state index in [0.29, 0.717) is 18.2 Å². The van der Waals surface area contributed by atoms with Gasteiger partial charge in [-0.05, 0) is 57.1 Å². The van der Waals surface area contributed by atoms with Crippen LogP contribution in [0.2, 0.25) is 0 Å². The Bertz CT molecular complexity index is 1160. The molecular weight excluding hydrogens is 442 g/mol. The summed E-state index contributed by atoms with van der Waals surface area (Å²) in [5.41, 5.74) is 3.97. The van der Waals surface area contributed by atoms with E-state index in [1.807, 2.05) is 32.9 Å². The number of amides is 1. The van der Waals surface area contributed by atoms with Crippen LogP contribution in [0.5, 0.6) is 0 Å². The van der Waals surface area contributed by atoms with Crippen molar-refractivity contribution in [1.29, 1.82) is 0 Å². The van der Waals surface area contributed by atoms with Crippen LogP contribution in [0.1, 0.15) is 30.5 Å². The number of carbonyl (C=O) groups is 1. The number of anilines is 1. The van der Waals surface area contributed by atoms with E-state index in [1.165, 1.54) is 11.3 Å². The average Bonchev–Trinajstić information content (AvgIpc) is 3.20. The van der Waals surface area contributed by atoms with Gasteiger partial charge in [0, 0.05) is 13.1 Å². The molecule has 0 aliphatic heterocycles. The Morgan fingerprint density at radius 1 is 0.938 bits per heavy atom. The van der Waals surface area contributed by atoms with E-state index in [1.54, 1.807) is 29.2 Å². The van der Waals surface area contributed by atoms with Crippen LogP contribution in [0, 0.1) is 20.8 Å². The lowest BCUT2D eigenvalue weighted by Gasteiger charge is -2.24. The fourth-order valence-corrected chi connectivity index (χ4v) is 5.89. The molecule has 0 radical (unpaired) electrons. The molecule has 0 unspecified atom stereocenters. The third-order valence-electron chi connectivity index (χ3n) is 5.69. The maximum absolute atomic E-state index is 13.3. The summed E-state index contributed by atoms with van der Waals surface area (Å²) in [5, 5.41) is 0.550. The minimum Gasteiger partial charge on any atom is -0.302 e. The number of sulfone groups is 1. The van der Waals surface area contributed by atoms with Gasteiger partial charge in [-0.3, -0.25) is 9.69 Å². The van der Waals surface area contributed by atoms with Crippen molar-refractivity contribution in [3.8, 4) is 0 Å². The van der Waals surface area contributed by atoms with Gasteiger partial charge in [-0.1, -0.05) is 55.0 Å². The molecule has 0 spiro atoms. The first-order chi connectivity index (χ1) is 15.2. The van der Waals surface area contributed by atoms with E-state index in [-0.39, 0.29) is 4.90 Å². The average molecular weight is 474 g/mol. The van der Waals surface area contributed by atoms with E-state index in [9.17, 15) is 13.2 Å². The van der Waals surface area contributed by atoms with Crippen molar-refractivity contribution >= 4 is 42.4 Å². The Hall–Kier alpha value is -2.29. The molecule has 1 amide bonds. The molecule has 3 aromatic rings. The van der Waals surface area contributed by atoms with Gasteiger partial charge in [0.1, 0.15) is 5.75 Å². The molecule has 0 N–H and O–H groups in total. The van der Waals surface area contributed by atoms with Crippen molar-refractivity contribution in [1.82, 2.24) is 9.88 Å². The summed E-state index contributed by atoms with van der Waals surface area (Å²) in [7, 11) is -3.75. The zero-order valence-electron chi connectivity index (χ0n) is 19.4. The fourth-order valence-electron chi connectivity index (χ4n) is 3.54. The molecule has 3 rings (SSSR count). The second kappa shape index (κ2) is 10.1. The molecular formula is C24H31N3O3S2. The predicted molar refractivity (Wildman–Crippen MR) is 132 cm³/mol. The van der Waals surface area contributed by atoms with Gasteiger partial charge in [-0.25, -0.2) is 13.4 Å². The SMILES string of the molecule is CCN(CC)CCN(C(=O)CS(=O)(=O)c1ccc(C)cc1)c1nc2c(C)ccc(C)c2s1. The number of benzene rings is 2. The number of nitrogens with zero attached hydrogens (tertiary/aromatic N) is 3. The van der Waals surface area contributed by atoms with Crippen LogP contribution in [-0.4, -0.2) is 56.1 Å². The molecule has 0 saturated heterocycles. The highest BCUT2D eigenvalue weighted by atomic mass is 32.2. The Morgan fingerprint density at radius 2 is 1.56 bits per heavy atom. The number of carbonyl (C=O) groups excluding carboxylic acids is 1. The van der Waals surface area contributed by atoms with E-state index in [2.05, 4.69) is 18.7 Å². The number of likely N-dealkylation sites (N-methyl/N-ethyl adjacent to an activating group) is 1. The van der Waals surface area contributed by atoms with Crippen molar-refractivity contribution in [2.45, 2.75) is 39.5 Å². The highest BCUT2D eigenvalue weighted by molar-refractivity contribution is 7.92. The molecule has 1 aromatic heterocycles. The van der Waals surface area contributed by atoms with Crippen LogP contribution in [0.25, 0.3) is 10.2 Å². The monoisotopic (exact) mass is 473 g/mol. The van der Waals surface area contributed by atoms with Gasteiger partial charge in [0.25, 0.3) is 0 Å². The zero-order valence-corrected chi connectivity index (χ0v) is 21.0. The summed E-state index contributed by atoms with van der Waals surface area (Å²) >= 11 is 1.45. The van der Waals surface area contributed by atoms with Crippen molar-refractivity contribution < 1.29 is 13.2 Å². The Balaban J connectivity index is 1.95. The topological polar surface area (TPSA) is 70.6 Å². The highest BCUT2D eigenvalue weighted by Gasteiger charge is 2.27. The summed E-state index contributed by atoms with van der Waals surface area (Å²) in [6, 6.07) is 10.7. The number of aryl methyl sites for hydroxylation is 3. The van der Waals surface area contributed by atoms with E-state index >= 15 is 0 Å². The normalized spacial score (nSPS) is 11.9. The lowest BCUT2D eigenvalue weighted by atomic mass is 10.1. The van der Waals surface area contributed by atoms with Gasteiger partial charge in [-0.15, -0.1) is 0 Å².